The summed E-state index contributed by atoms with van der Waals surface area (Å²) in [5, 5.41) is 9.57. The zero-order valence-electron chi connectivity index (χ0n) is 14.0. The predicted octanol–water partition coefficient (Wildman–Crippen LogP) is 1.02. The molecular formula is C17H27N3O3. The first-order valence-corrected chi connectivity index (χ1v) is 8.75. The molecule has 1 amide bonds. The quantitative estimate of drug-likeness (QED) is 0.773. The topological polar surface area (TPSA) is 65.8 Å². The molecule has 0 N–H and O–H groups in total. The maximum atomic E-state index is 13.0. The van der Waals surface area contributed by atoms with Gasteiger partial charge in [-0.2, -0.15) is 5.26 Å². The summed E-state index contributed by atoms with van der Waals surface area (Å²) >= 11 is 0. The minimum atomic E-state index is -0.764. The van der Waals surface area contributed by atoms with E-state index in [0.29, 0.717) is 19.7 Å². The Balaban J connectivity index is 1.68. The van der Waals surface area contributed by atoms with Crippen LogP contribution >= 0.6 is 0 Å². The summed E-state index contributed by atoms with van der Waals surface area (Å²) in [6, 6.07) is 2.57. The van der Waals surface area contributed by atoms with E-state index in [1.165, 1.54) is 0 Å². The van der Waals surface area contributed by atoms with Gasteiger partial charge in [-0.1, -0.05) is 12.8 Å². The van der Waals surface area contributed by atoms with Gasteiger partial charge in [-0.3, -0.25) is 9.69 Å². The van der Waals surface area contributed by atoms with Crippen LogP contribution in [0.2, 0.25) is 0 Å². The summed E-state index contributed by atoms with van der Waals surface area (Å²) < 4.78 is 11.1. The van der Waals surface area contributed by atoms with Crippen molar-refractivity contribution in [2.45, 2.75) is 44.2 Å². The Labute approximate surface area is 138 Å². The number of rotatable bonds is 4. The molecule has 1 saturated carbocycles. The van der Waals surface area contributed by atoms with Gasteiger partial charge in [0.15, 0.2) is 0 Å². The van der Waals surface area contributed by atoms with E-state index in [1.54, 1.807) is 7.11 Å². The van der Waals surface area contributed by atoms with Gasteiger partial charge >= 0.3 is 0 Å². The highest BCUT2D eigenvalue weighted by molar-refractivity contribution is 5.86. The third kappa shape index (κ3) is 3.23. The summed E-state index contributed by atoms with van der Waals surface area (Å²) in [5.41, 5.74) is -0.764. The van der Waals surface area contributed by atoms with Gasteiger partial charge in [0.1, 0.15) is 5.41 Å². The van der Waals surface area contributed by atoms with Crippen LogP contribution in [0.25, 0.3) is 0 Å². The molecule has 2 atom stereocenters. The fraction of sp³-hybridized carbons (Fsp3) is 0.882. The van der Waals surface area contributed by atoms with E-state index in [2.05, 4.69) is 11.0 Å². The molecule has 0 unspecified atom stereocenters. The highest BCUT2D eigenvalue weighted by Gasteiger charge is 2.47. The van der Waals surface area contributed by atoms with Gasteiger partial charge in [-0.25, -0.2) is 0 Å². The number of amides is 1. The third-order valence-electron chi connectivity index (χ3n) is 5.65. The number of likely N-dealkylation sites (tertiary alicyclic amines) is 1. The van der Waals surface area contributed by atoms with E-state index < -0.39 is 5.41 Å². The summed E-state index contributed by atoms with van der Waals surface area (Å²) in [6.45, 7) is 4.58. The van der Waals surface area contributed by atoms with E-state index in [-0.39, 0.29) is 18.1 Å². The molecule has 23 heavy (non-hydrogen) atoms. The minimum absolute atomic E-state index is 0.0493. The summed E-state index contributed by atoms with van der Waals surface area (Å²) in [7, 11) is 1.71. The number of nitrogens with zero attached hydrogens (tertiary/aromatic N) is 3. The minimum Gasteiger partial charge on any atom is -0.383 e. The maximum absolute atomic E-state index is 13.0. The fourth-order valence-corrected chi connectivity index (χ4v) is 4.27. The molecule has 3 fully saturated rings. The van der Waals surface area contributed by atoms with Gasteiger partial charge in [0, 0.05) is 33.3 Å². The van der Waals surface area contributed by atoms with E-state index in [0.717, 1.165) is 51.8 Å². The standard InChI is InChI=1S/C17H27N3O3/c1-22-10-8-19-9-11-23-15-4-7-20(12-14(15)19)16(21)17(13-18)5-2-3-6-17/h14-15H,2-12H2,1H3/t14-,15-/m0/s1. The molecule has 6 nitrogen and oxygen atoms in total. The fourth-order valence-electron chi connectivity index (χ4n) is 4.27. The van der Waals surface area contributed by atoms with Crippen molar-refractivity contribution in [3.8, 4) is 6.07 Å². The van der Waals surface area contributed by atoms with Gasteiger partial charge in [0.05, 0.1) is 31.4 Å². The van der Waals surface area contributed by atoms with Gasteiger partial charge < -0.3 is 14.4 Å². The molecule has 0 bridgehead atoms. The average Bonchev–Trinajstić information content (AvgIpc) is 3.09. The molecule has 128 valence electrons. The van der Waals surface area contributed by atoms with E-state index in [1.807, 2.05) is 4.90 Å². The molecule has 2 aliphatic heterocycles. The van der Waals surface area contributed by atoms with Crippen LogP contribution in [0.1, 0.15) is 32.1 Å². The van der Waals surface area contributed by atoms with Crippen LogP contribution < -0.4 is 0 Å². The first kappa shape index (κ1) is 16.7. The van der Waals surface area contributed by atoms with Crippen molar-refractivity contribution in [1.82, 2.24) is 9.80 Å². The molecule has 0 spiro atoms. The van der Waals surface area contributed by atoms with Crippen molar-refractivity contribution in [3.63, 3.8) is 0 Å². The lowest BCUT2D eigenvalue weighted by Gasteiger charge is -2.47. The molecule has 3 aliphatic rings. The summed E-state index contributed by atoms with van der Waals surface area (Å²) in [5.74, 6) is 0.0493. The van der Waals surface area contributed by atoms with Crippen molar-refractivity contribution in [3.05, 3.63) is 0 Å². The Bertz CT molecular complexity index is 470. The number of hydrogen-bond donors (Lipinski definition) is 0. The Morgan fingerprint density at radius 2 is 2.17 bits per heavy atom. The second-order valence-electron chi connectivity index (χ2n) is 6.95. The Kier molecular flexibility index (Phi) is 5.20. The van der Waals surface area contributed by atoms with Crippen molar-refractivity contribution in [1.29, 1.82) is 5.26 Å². The molecule has 2 heterocycles. The molecular weight excluding hydrogens is 294 g/mol. The van der Waals surface area contributed by atoms with Crippen LogP contribution in [0.5, 0.6) is 0 Å². The number of hydrogen-bond acceptors (Lipinski definition) is 5. The van der Waals surface area contributed by atoms with E-state index in [9.17, 15) is 10.1 Å². The Morgan fingerprint density at radius 1 is 1.39 bits per heavy atom. The molecule has 0 radical (unpaired) electrons. The van der Waals surface area contributed by atoms with Crippen LogP contribution in [0.4, 0.5) is 0 Å². The second kappa shape index (κ2) is 7.16. The average molecular weight is 321 g/mol. The lowest BCUT2D eigenvalue weighted by molar-refractivity contribution is -0.150. The lowest BCUT2D eigenvalue weighted by Crippen LogP contribution is -2.62. The zero-order chi connectivity index (χ0) is 16.3. The lowest BCUT2D eigenvalue weighted by atomic mass is 9.85. The summed E-state index contributed by atoms with van der Waals surface area (Å²) in [6.07, 6.45) is 4.48. The van der Waals surface area contributed by atoms with Crippen LogP contribution in [-0.4, -0.2) is 74.4 Å². The number of fused-ring (bicyclic) bond motifs is 1. The van der Waals surface area contributed by atoms with E-state index in [4.69, 9.17) is 9.47 Å². The van der Waals surface area contributed by atoms with E-state index >= 15 is 0 Å². The molecule has 0 aromatic heterocycles. The largest absolute Gasteiger partial charge is 0.383 e. The molecule has 0 aromatic rings. The van der Waals surface area contributed by atoms with Gasteiger partial charge in [0.25, 0.3) is 0 Å². The summed E-state index contributed by atoms with van der Waals surface area (Å²) in [4.78, 5) is 17.3. The highest BCUT2D eigenvalue weighted by atomic mass is 16.5. The second-order valence-corrected chi connectivity index (χ2v) is 6.95. The predicted molar refractivity (Wildman–Crippen MR) is 84.7 cm³/mol. The monoisotopic (exact) mass is 321 g/mol. The van der Waals surface area contributed by atoms with Crippen LogP contribution in [0.3, 0.4) is 0 Å². The third-order valence-corrected chi connectivity index (χ3v) is 5.65. The van der Waals surface area contributed by atoms with Crippen LogP contribution in [0.15, 0.2) is 0 Å². The van der Waals surface area contributed by atoms with Crippen molar-refractivity contribution in [2.75, 3.05) is 46.5 Å². The number of methoxy groups -OCH3 is 1. The number of nitriles is 1. The number of carbonyl (C=O) groups excluding carboxylic acids is 1. The maximum Gasteiger partial charge on any atom is 0.243 e. The molecule has 0 aromatic carbocycles. The smallest absolute Gasteiger partial charge is 0.243 e. The van der Waals surface area contributed by atoms with Crippen molar-refractivity contribution >= 4 is 5.91 Å². The van der Waals surface area contributed by atoms with Crippen LogP contribution in [-0.2, 0) is 14.3 Å². The van der Waals surface area contributed by atoms with Crippen molar-refractivity contribution < 1.29 is 14.3 Å². The van der Waals surface area contributed by atoms with Crippen LogP contribution in [0, 0.1) is 16.7 Å². The Morgan fingerprint density at radius 3 is 2.87 bits per heavy atom. The molecule has 1 aliphatic carbocycles. The highest BCUT2D eigenvalue weighted by Crippen LogP contribution is 2.40. The van der Waals surface area contributed by atoms with Gasteiger partial charge in [-0.15, -0.1) is 0 Å². The number of morpholine rings is 1. The van der Waals surface area contributed by atoms with Gasteiger partial charge in [-0.05, 0) is 19.3 Å². The van der Waals surface area contributed by atoms with Gasteiger partial charge in [0.2, 0.25) is 5.91 Å². The first-order valence-electron chi connectivity index (χ1n) is 8.75. The molecule has 6 heteroatoms. The molecule has 2 saturated heterocycles. The number of piperidine rings is 1. The SMILES string of the molecule is COCCN1CCO[C@H]2CCN(C(=O)C3(C#N)CCCC3)C[C@@H]21. The zero-order valence-corrected chi connectivity index (χ0v) is 14.0. The normalized spacial score (nSPS) is 30.7. The van der Waals surface area contributed by atoms with Crippen molar-refractivity contribution in [2.24, 2.45) is 5.41 Å². The molecule has 3 rings (SSSR count). The first-order chi connectivity index (χ1) is 11.2. The number of carbonyl (C=O) groups is 1. The number of ether oxygens (including phenoxy) is 2. The Hall–Kier alpha value is -1.16.